The molecular weight excluding hydrogens is 254 g/mol. The van der Waals surface area contributed by atoms with Crippen molar-refractivity contribution < 1.29 is 9.21 Å². The second-order valence-corrected chi connectivity index (χ2v) is 5.35. The fraction of sp³-hybridized carbons (Fsp3) is 0.375. The van der Waals surface area contributed by atoms with Gasteiger partial charge in [-0.1, -0.05) is 6.07 Å². The minimum atomic E-state index is -0.395. The van der Waals surface area contributed by atoms with Crippen molar-refractivity contribution in [3.05, 3.63) is 46.3 Å². The highest BCUT2D eigenvalue weighted by Gasteiger charge is 2.24. The summed E-state index contributed by atoms with van der Waals surface area (Å²) in [6.45, 7) is 2.88. The first-order chi connectivity index (χ1) is 9.65. The van der Waals surface area contributed by atoms with Crippen LogP contribution in [0, 0.1) is 0 Å². The zero-order valence-corrected chi connectivity index (χ0v) is 11.5. The van der Waals surface area contributed by atoms with Crippen LogP contribution in [-0.4, -0.2) is 23.4 Å². The smallest absolute Gasteiger partial charge is 0.336 e. The van der Waals surface area contributed by atoms with Crippen LogP contribution in [-0.2, 0) is 0 Å². The third-order valence-corrected chi connectivity index (χ3v) is 3.93. The molecule has 1 fully saturated rings. The first-order valence-corrected chi connectivity index (χ1v) is 7.00. The number of carbonyl (C=O) groups excluding carboxylic acids is 1. The van der Waals surface area contributed by atoms with Crippen molar-refractivity contribution in [2.45, 2.75) is 32.2 Å². The largest absolute Gasteiger partial charge is 0.423 e. The van der Waals surface area contributed by atoms with Gasteiger partial charge in [-0.3, -0.25) is 4.79 Å². The Morgan fingerprint density at radius 3 is 2.85 bits per heavy atom. The predicted molar refractivity (Wildman–Crippen MR) is 76.8 cm³/mol. The molecule has 0 N–H and O–H groups in total. The number of piperidine rings is 1. The molecule has 1 aromatic heterocycles. The SMILES string of the molecule is CC1CCCCN1C(=O)c1ccc2ccc(=O)oc2c1. The molecule has 1 aliphatic rings. The predicted octanol–water partition coefficient (Wildman–Crippen LogP) is 2.81. The van der Waals surface area contributed by atoms with Gasteiger partial charge in [0.1, 0.15) is 5.58 Å². The molecule has 104 valence electrons. The second-order valence-electron chi connectivity index (χ2n) is 5.35. The van der Waals surface area contributed by atoms with Gasteiger partial charge in [-0.2, -0.15) is 0 Å². The molecule has 2 aromatic rings. The molecular formula is C16H17NO3. The highest BCUT2D eigenvalue weighted by molar-refractivity contribution is 5.97. The zero-order valence-electron chi connectivity index (χ0n) is 11.5. The van der Waals surface area contributed by atoms with Crippen LogP contribution in [0.3, 0.4) is 0 Å². The van der Waals surface area contributed by atoms with E-state index in [4.69, 9.17) is 4.42 Å². The molecule has 0 radical (unpaired) electrons. The topological polar surface area (TPSA) is 50.5 Å². The summed E-state index contributed by atoms with van der Waals surface area (Å²) < 4.78 is 5.14. The molecule has 20 heavy (non-hydrogen) atoms. The van der Waals surface area contributed by atoms with Gasteiger partial charge in [0.15, 0.2) is 0 Å². The Morgan fingerprint density at radius 2 is 2.05 bits per heavy atom. The lowest BCUT2D eigenvalue weighted by Crippen LogP contribution is -2.42. The Bertz CT molecular complexity index is 704. The fourth-order valence-electron chi connectivity index (χ4n) is 2.76. The maximum Gasteiger partial charge on any atom is 0.336 e. The van der Waals surface area contributed by atoms with Crippen molar-refractivity contribution in [2.75, 3.05) is 6.54 Å². The maximum atomic E-state index is 12.5. The second kappa shape index (κ2) is 5.12. The Kier molecular flexibility index (Phi) is 3.30. The number of rotatable bonds is 1. The van der Waals surface area contributed by atoms with Gasteiger partial charge < -0.3 is 9.32 Å². The van der Waals surface area contributed by atoms with E-state index in [0.717, 1.165) is 24.8 Å². The van der Waals surface area contributed by atoms with E-state index in [1.54, 1.807) is 18.2 Å². The molecule has 1 atom stereocenters. The van der Waals surface area contributed by atoms with Crippen molar-refractivity contribution in [3.8, 4) is 0 Å². The fourth-order valence-corrected chi connectivity index (χ4v) is 2.76. The number of fused-ring (bicyclic) bond motifs is 1. The van der Waals surface area contributed by atoms with E-state index in [1.807, 2.05) is 11.0 Å². The van der Waals surface area contributed by atoms with Gasteiger partial charge in [0.05, 0.1) is 0 Å². The van der Waals surface area contributed by atoms with Gasteiger partial charge in [0.2, 0.25) is 0 Å². The van der Waals surface area contributed by atoms with Crippen LogP contribution in [0.4, 0.5) is 0 Å². The summed E-state index contributed by atoms with van der Waals surface area (Å²) in [7, 11) is 0. The van der Waals surface area contributed by atoms with E-state index >= 15 is 0 Å². The highest BCUT2D eigenvalue weighted by Crippen LogP contribution is 2.21. The van der Waals surface area contributed by atoms with Gasteiger partial charge >= 0.3 is 5.63 Å². The summed E-state index contributed by atoms with van der Waals surface area (Å²) >= 11 is 0. The van der Waals surface area contributed by atoms with Crippen LogP contribution < -0.4 is 5.63 Å². The van der Waals surface area contributed by atoms with Crippen LogP contribution in [0.15, 0.2) is 39.5 Å². The summed E-state index contributed by atoms with van der Waals surface area (Å²) in [5, 5.41) is 0.827. The zero-order chi connectivity index (χ0) is 14.1. The van der Waals surface area contributed by atoms with Gasteiger partial charge in [-0.25, -0.2) is 4.79 Å². The Labute approximate surface area is 117 Å². The lowest BCUT2D eigenvalue weighted by molar-refractivity contribution is 0.0635. The third-order valence-electron chi connectivity index (χ3n) is 3.93. The first-order valence-electron chi connectivity index (χ1n) is 7.00. The Morgan fingerprint density at radius 1 is 1.25 bits per heavy atom. The number of amides is 1. The number of likely N-dealkylation sites (tertiary alicyclic amines) is 1. The van der Waals surface area contributed by atoms with E-state index in [2.05, 4.69) is 6.92 Å². The average molecular weight is 271 g/mol. The van der Waals surface area contributed by atoms with E-state index in [-0.39, 0.29) is 11.9 Å². The molecule has 1 aliphatic heterocycles. The first kappa shape index (κ1) is 12.9. The molecule has 1 unspecified atom stereocenters. The number of nitrogens with zero attached hydrogens (tertiary/aromatic N) is 1. The van der Waals surface area contributed by atoms with Crippen LogP contribution >= 0.6 is 0 Å². The summed E-state index contributed by atoms with van der Waals surface area (Å²) in [6, 6.07) is 8.65. The van der Waals surface area contributed by atoms with Crippen LogP contribution in [0.1, 0.15) is 36.5 Å². The lowest BCUT2D eigenvalue weighted by Gasteiger charge is -2.33. The minimum Gasteiger partial charge on any atom is -0.423 e. The summed E-state index contributed by atoms with van der Waals surface area (Å²) in [4.78, 5) is 25.7. The molecule has 1 amide bonds. The van der Waals surface area contributed by atoms with Crippen LogP contribution in [0.5, 0.6) is 0 Å². The monoisotopic (exact) mass is 271 g/mol. The molecule has 4 nitrogen and oxygen atoms in total. The number of hydrogen-bond donors (Lipinski definition) is 0. The van der Waals surface area contributed by atoms with Crippen molar-refractivity contribution in [3.63, 3.8) is 0 Å². The van der Waals surface area contributed by atoms with E-state index in [1.165, 1.54) is 12.5 Å². The molecule has 2 heterocycles. The molecule has 0 aliphatic carbocycles. The highest BCUT2D eigenvalue weighted by atomic mass is 16.4. The van der Waals surface area contributed by atoms with Gasteiger partial charge in [0, 0.05) is 29.6 Å². The number of carbonyl (C=O) groups is 1. The van der Waals surface area contributed by atoms with E-state index in [9.17, 15) is 9.59 Å². The van der Waals surface area contributed by atoms with Crippen LogP contribution in [0.25, 0.3) is 11.0 Å². The van der Waals surface area contributed by atoms with Crippen molar-refractivity contribution in [2.24, 2.45) is 0 Å². The molecule has 4 heteroatoms. The third kappa shape index (κ3) is 2.33. The Balaban J connectivity index is 1.96. The standard InChI is InChI=1S/C16H17NO3/c1-11-4-2-3-9-17(11)16(19)13-6-5-12-7-8-15(18)20-14(12)10-13/h5-8,10-11H,2-4,9H2,1H3. The quantitative estimate of drug-likeness (QED) is 0.749. The molecule has 3 rings (SSSR count). The van der Waals surface area contributed by atoms with Gasteiger partial charge in [-0.15, -0.1) is 0 Å². The molecule has 0 bridgehead atoms. The van der Waals surface area contributed by atoms with Crippen molar-refractivity contribution >= 4 is 16.9 Å². The van der Waals surface area contributed by atoms with E-state index in [0.29, 0.717) is 11.1 Å². The normalized spacial score (nSPS) is 19.2. The molecule has 0 spiro atoms. The molecule has 0 saturated carbocycles. The summed E-state index contributed by atoms with van der Waals surface area (Å²) in [6.07, 6.45) is 3.28. The van der Waals surface area contributed by atoms with Crippen LogP contribution in [0.2, 0.25) is 0 Å². The van der Waals surface area contributed by atoms with Gasteiger partial charge in [0.25, 0.3) is 5.91 Å². The maximum absolute atomic E-state index is 12.5. The summed E-state index contributed by atoms with van der Waals surface area (Å²) in [5.41, 5.74) is 0.655. The minimum absolute atomic E-state index is 0.0191. The van der Waals surface area contributed by atoms with E-state index < -0.39 is 5.63 Å². The van der Waals surface area contributed by atoms with Crippen molar-refractivity contribution in [1.82, 2.24) is 4.90 Å². The van der Waals surface area contributed by atoms with Crippen molar-refractivity contribution in [1.29, 1.82) is 0 Å². The number of hydrogen-bond acceptors (Lipinski definition) is 3. The Hall–Kier alpha value is -2.10. The molecule has 1 saturated heterocycles. The lowest BCUT2D eigenvalue weighted by atomic mass is 10.0. The number of benzene rings is 1. The summed E-state index contributed by atoms with van der Waals surface area (Å²) in [5.74, 6) is 0.0191. The average Bonchev–Trinajstić information content (AvgIpc) is 2.46. The van der Waals surface area contributed by atoms with Gasteiger partial charge in [-0.05, 0) is 44.4 Å². The molecule has 1 aromatic carbocycles.